The zero-order chi connectivity index (χ0) is 18.4. The first-order valence-electron chi connectivity index (χ1n) is 11.3. The van der Waals surface area contributed by atoms with Gasteiger partial charge in [0, 0.05) is 11.8 Å². The van der Waals surface area contributed by atoms with Crippen LogP contribution in [0.5, 0.6) is 0 Å². The number of carbonyl (C=O) groups excluding carboxylic acids is 1. The van der Waals surface area contributed by atoms with Crippen molar-refractivity contribution in [2.24, 2.45) is 46.8 Å². The van der Waals surface area contributed by atoms with E-state index in [-0.39, 0.29) is 5.60 Å². The molecule has 144 valence electrons. The number of hydrogen-bond donors (Lipinski definition) is 0. The largest absolute Gasteiger partial charge is 0.366 e. The van der Waals surface area contributed by atoms with Crippen LogP contribution in [0.4, 0.5) is 0 Å². The maximum atomic E-state index is 12.1. The lowest BCUT2D eigenvalue weighted by Gasteiger charge is -2.60. The SMILES string of the molecule is C=C[C@H]1CC2=CC(=O)CC[C@@H]2C2CC[C@@]3(CC)C(C21)[C@H]1C[C@H]1[C@@]31C=CCO1. The highest BCUT2D eigenvalue weighted by Gasteiger charge is 2.77. The summed E-state index contributed by atoms with van der Waals surface area (Å²) in [6.07, 6.45) is 17.2. The van der Waals surface area contributed by atoms with Crippen LogP contribution in [0.3, 0.4) is 0 Å². The summed E-state index contributed by atoms with van der Waals surface area (Å²) in [5.74, 6) is 5.47. The fraction of sp³-hybridized carbons (Fsp3) is 0.720. The summed E-state index contributed by atoms with van der Waals surface area (Å²) in [6.45, 7) is 7.50. The third-order valence-electron chi connectivity index (χ3n) is 9.83. The van der Waals surface area contributed by atoms with E-state index in [9.17, 15) is 4.79 Å². The lowest BCUT2D eigenvalue weighted by atomic mass is 9.46. The monoisotopic (exact) mass is 364 g/mol. The molecular weight excluding hydrogens is 332 g/mol. The van der Waals surface area contributed by atoms with Gasteiger partial charge in [-0.2, -0.15) is 0 Å². The fourth-order valence-corrected chi connectivity index (χ4v) is 9.00. The van der Waals surface area contributed by atoms with Crippen molar-refractivity contribution in [1.29, 1.82) is 0 Å². The lowest BCUT2D eigenvalue weighted by molar-refractivity contribution is -0.148. The maximum absolute atomic E-state index is 12.1. The molecule has 0 N–H and O–H groups in total. The van der Waals surface area contributed by atoms with Gasteiger partial charge in [-0.05, 0) is 86.0 Å². The molecule has 5 aliphatic carbocycles. The van der Waals surface area contributed by atoms with E-state index in [1.165, 1.54) is 31.3 Å². The van der Waals surface area contributed by atoms with E-state index in [2.05, 4.69) is 31.7 Å². The summed E-state index contributed by atoms with van der Waals surface area (Å²) >= 11 is 0. The maximum Gasteiger partial charge on any atom is 0.155 e. The van der Waals surface area contributed by atoms with Crippen LogP contribution < -0.4 is 0 Å². The van der Waals surface area contributed by atoms with Crippen LogP contribution in [-0.4, -0.2) is 18.0 Å². The number of ether oxygens (including phenoxy) is 1. The molecule has 4 fully saturated rings. The van der Waals surface area contributed by atoms with Crippen molar-refractivity contribution >= 4 is 5.78 Å². The molecule has 0 aromatic rings. The Morgan fingerprint density at radius 1 is 1.33 bits per heavy atom. The van der Waals surface area contributed by atoms with Gasteiger partial charge in [-0.1, -0.05) is 30.7 Å². The number of rotatable bonds is 2. The number of allylic oxidation sites excluding steroid dienone is 2. The van der Waals surface area contributed by atoms with Crippen LogP contribution in [0.1, 0.15) is 51.9 Å². The van der Waals surface area contributed by atoms with Gasteiger partial charge in [0.25, 0.3) is 0 Å². The molecule has 1 heterocycles. The van der Waals surface area contributed by atoms with Gasteiger partial charge >= 0.3 is 0 Å². The number of ketones is 1. The molecule has 0 aromatic carbocycles. The first kappa shape index (κ1) is 16.8. The molecule has 27 heavy (non-hydrogen) atoms. The van der Waals surface area contributed by atoms with E-state index >= 15 is 0 Å². The van der Waals surface area contributed by atoms with E-state index in [1.54, 1.807) is 0 Å². The molecule has 2 heteroatoms. The highest BCUT2D eigenvalue weighted by atomic mass is 16.5. The summed E-state index contributed by atoms with van der Waals surface area (Å²) in [5, 5.41) is 0. The normalized spacial score (nSPS) is 54.8. The highest BCUT2D eigenvalue weighted by molar-refractivity contribution is 5.91. The third-order valence-corrected chi connectivity index (χ3v) is 9.83. The first-order chi connectivity index (χ1) is 13.1. The zero-order valence-corrected chi connectivity index (χ0v) is 16.5. The second-order valence-electron chi connectivity index (χ2n) is 10.3. The molecular formula is C25H32O2. The lowest BCUT2D eigenvalue weighted by Crippen LogP contribution is -2.57. The fourth-order valence-electron chi connectivity index (χ4n) is 9.00. The van der Waals surface area contributed by atoms with Gasteiger partial charge in [0.2, 0.25) is 0 Å². The van der Waals surface area contributed by atoms with Gasteiger partial charge in [-0.3, -0.25) is 4.79 Å². The smallest absolute Gasteiger partial charge is 0.155 e. The minimum absolute atomic E-state index is 0.0341. The zero-order valence-electron chi connectivity index (χ0n) is 16.5. The average Bonchev–Trinajstić information content (AvgIpc) is 3.26. The van der Waals surface area contributed by atoms with Crippen molar-refractivity contribution in [2.45, 2.75) is 57.5 Å². The second kappa shape index (κ2) is 5.47. The molecule has 4 saturated carbocycles. The van der Waals surface area contributed by atoms with E-state index in [0.717, 1.165) is 55.5 Å². The van der Waals surface area contributed by atoms with Gasteiger partial charge in [-0.25, -0.2) is 0 Å². The molecule has 0 radical (unpaired) electrons. The molecule has 1 spiro atoms. The summed E-state index contributed by atoms with van der Waals surface area (Å²) < 4.78 is 6.60. The minimum Gasteiger partial charge on any atom is -0.366 e. The molecule has 3 unspecified atom stereocenters. The topological polar surface area (TPSA) is 26.3 Å². The number of fused-ring (bicyclic) bond motifs is 9. The Morgan fingerprint density at radius 3 is 2.96 bits per heavy atom. The van der Waals surface area contributed by atoms with Gasteiger partial charge < -0.3 is 4.74 Å². The molecule has 0 amide bonds. The number of hydrogen-bond acceptors (Lipinski definition) is 2. The van der Waals surface area contributed by atoms with Crippen LogP contribution in [0.25, 0.3) is 0 Å². The van der Waals surface area contributed by atoms with E-state index < -0.39 is 0 Å². The Balaban J connectivity index is 1.45. The van der Waals surface area contributed by atoms with Crippen molar-refractivity contribution in [3.8, 4) is 0 Å². The summed E-state index contributed by atoms with van der Waals surface area (Å²) in [4.78, 5) is 12.1. The molecule has 0 aromatic heterocycles. The van der Waals surface area contributed by atoms with Crippen LogP contribution in [0.15, 0.2) is 36.5 Å². The Morgan fingerprint density at radius 2 is 2.22 bits per heavy atom. The Labute approximate surface area is 163 Å². The van der Waals surface area contributed by atoms with Gasteiger partial charge in [-0.15, -0.1) is 6.58 Å². The van der Waals surface area contributed by atoms with Crippen molar-refractivity contribution in [1.82, 2.24) is 0 Å². The molecule has 0 saturated heterocycles. The predicted molar refractivity (Wildman–Crippen MR) is 106 cm³/mol. The Hall–Kier alpha value is -1.15. The number of carbonyl (C=O) groups is 1. The van der Waals surface area contributed by atoms with Gasteiger partial charge in [0.1, 0.15) is 0 Å². The van der Waals surface area contributed by atoms with Crippen molar-refractivity contribution < 1.29 is 9.53 Å². The Bertz CT molecular complexity index is 762. The quantitative estimate of drug-likeness (QED) is 0.636. The first-order valence-corrected chi connectivity index (χ1v) is 11.3. The molecule has 1 aliphatic heterocycles. The van der Waals surface area contributed by atoms with Crippen LogP contribution >= 0.6 is 0 Å². The van der Waals surface area contributed by atoms with E-state index in [0.29, 0.717) is 23.0 Å². The van der Waals surface area contributed by atoms with E-state index in [1.807, 2.05) is 6.08 Å². The third kappa shape index (κ3) is 1.89. The predicted octanol–water partition coefficient (Wildman–Crippen LogP) is 5.11. The molecule has 0 bridgehead atoms. The molecule has 6 rings (SSSR count). The van der Waals surface area contributed by atoms with Crippen molar-refractivity contribution in [2.75, 3.05) is 6.61 Å². The minimum atomic E-state index is 0.0341. The molecule has 6 aliphatic rings. The Kier molecular flexibility index (Phi) is 3.40. The van der Waals surface area contributed by atoms with Crippen LogP contribution in [0, 0.1) is 46.8 Å². The van der Waals surface area contributed by atoms with Gasteiger partial charge in [0.05, 0.1) is 12.2 Å². The average molecular weight is 365 g/mol. The second-order valence-corrected chi connectivity index (χ2v) is 10.3. The van der Waals surface area contributed by atoms with Gasteiger partial charge in [0.15, 0.2) is 5.78 Å². The van der Waals surface area contributed by atoms with E-state index in [4.69, 9.17) is 4.74 Å². The van der Waals surface area contributed by atoms with Crippen LogP contribution in [0.2, 0.25) is 0 Å². The van der Waals surface area contributed by atoms with Crippen LogP contribution in [-0.2, 0) is 9.53 Å². The van der Waals surface area contributed by atoms with Crippen molar-refractivity contribution in [3.63, 3.8) is 0 Å². The standard InChI is InChI=1S/C25H32O2/c1-3-15-12-16-13-17(26)6-7-18(16)19-8-10-24(4-2)23(22(15)19)20-14-21(20)25(24)9-5-11-27-25/h3,5,9,13,15,18-23H,1,4,6-8,10-12,14H2,2H3/t15-,18-,19?,20-,21+,22?,23?,24-,25-/m0/s1. The molecule has 2 nitrogen and oxygen atoms in total. The summed E-state index contributed by atoms with van der Waals surface area (Å²) in [6, 6.07) is 0. The summed E-state index contributed by atoms with van der Waals surface area (Å²) in [5.41, 5.74) is 1.83. The van der Waals surface area contributed by atoms with Crippen molar-refractivity contribution in [3.05, 3.63) is 36.5 Å². The highest BCUT2D eigenvalue weighted by Crippen LogP contribution is 2.79. The molecule has 9 atom stereocenters. The summed E-state index contributed by atoms with van der Waals surface area (Å²) in [7, 11) is 0.